The molecule has 7 nitrogen and oxygen atoms in total. The van der Waals surface area contributed by atoms with Crippen molar-refractivity contribution in [3.8, 4) is 5.75 Å². The van der Waals surface area contributed by atoms with Crippen LogP contribution in [0.15, 0.2) is 30.4 Å². The summed E-state index contributed by atoms with van der Waals surface area (Å²) in [5.41, 5.74) is -0.763. The fraction of sp³-hybridized carbons (Fsp3) is 0.200. The predicted molar refractivity (Wildman–Crippen MR) is 68.2 cm³/mol. The highest BCUT2D eigenvalue weighted by molar-refractivity contribution is 9.09. The van der Waals surface area contributed by atoms with Crippen LogP contribution in [0.1, 0.15) is 0 Å². The van der Waals surface area contributed by atoms with Crippen LogP contribution in [0.2, 0.25) is 0 Å². The highest BCUT2D eigenvalue weighted by Crippen LogP contribution is 2.30. The minimum Gasteiger partial charge on any atom is -0.483 e. The molecule has 0 atom stereocenters. The predicted octanol–water partition coefficient (Wildman–Crippen LogP) is 2.83. The van der Waals surface area contributed by atoms with E-state index in [1.54, 1.807) is 12.2 Å². The van der Waals surface area contributed by atoms with Gasteiger partial charge in [-0.2, -0.15) is 0 Å². The lowest BCUT2D eigenvalue weighted by atomic mass is 10.2. The molecule has 0 unspecified atom stereocenters. The molecule has 0 saturated heterocycles. The monoisotopic (exact) mass is 316 g/mol. The first-order valence-corrected chi connectivity index (χ1v) is 5.95. The van der Waals surface area contributed by atoms with Crippen LogP contribution in [0, 0.1) is 20.2 Å². The van der Waals surface area contributed by atoms with Crippen molar-refractivity contribution in [1.82, 2.24) is 0 Å². The van der Waals surface area contributed by atoms with E-state index in [2.05, 4.69) is 15.9 Å². The molecule has 0 aromatic heterocycles. The third-order valence-electron chi connectivity index (χ3n) is 1.94. The van der Waals surface area contributed by atoms with Crippen molar-refractivity contribution in [2.45, 2.75) is 0 Å². The first-order chi connectivity index (χ1) is 8.56. The van der Waals surface area contributed by atoms with Gasteiger partial charge in [-0.15, -0.1) is 0 Å². The average Bonchev–Trinajstić information content (AvgIpc) is 2.34. The molecule has 0 radical (unpaired) electrons. The van der Waals surface area contributed by atoms with Crippen LogP contribution >= 0.6 is 15.9 Å². The molecule has 0 saturated carbocycles. The topological polar surface area (TPSA) is 95.5 Å². The van der Waals surface area contributed by atoms with Crippen LogP contribution in [0.3, 0.4) is 0 Å². The molecule has 0 heterocycles. The Bertz CT molecular complexity index is 489. The molecule has 0 aliphatic heterocycles. The van der Waals surface area contributed by atoms with Crippen LogP contribution in [-0.2, 0) is 0 Å². The van der Waals surface area contributed by atoms with Gasteiger partial charge in [0.1, 0.15) is 6.61 Å². The van der Waals surface area contributed by atoms with Crippen molar-refractivity contribution in [3.63, 3.8) is 0 Å². The van der Waals surface area contributed by atoms with Crippen molar-refractivity contribution in [3.05, 3.63) is 50.6 Å². The Hall–Kier alpha value is -1.96. The quantitative estimate of drug-likeness (QED) is 0.348. The van der Waals surface area contributed by atoms with Crippen molar-refractivity contribution in [1.29, 1.82) is 0 Å². The molecular weight excluding hydrogens is 308 g/mol. The van der Waals surface area contributed by atoms with Crippen molar-refractivity contribution < 1.29 is 14.6 Å². The van der Waals surface area contributed by atoms with Gasteiger partial charge in [-0.1, -0.05) is 28.1 Å². The van der Waals surface area contributed by atoms with Crippen LogP contribution in [0.5, 0.6) is 5.75 Å². The fourth-order valence-corrected chi connectivity index (χ4v) is 1.42. The van der Waals surface area contributed by atoms with Gasteiger partial charge in [0.25, 0.3) is 5.69 Å². The second kappa shape index (κ2) is 6.70. The molecular formula is C10H9BrN2O5. The Balaban J connectivity index is 2.93. The number of benzene rings is 1. The Morgan fingerprint density at radius 1 is 1.22 bits per heavy atom. The molecule has 0 amide bonds. The average molecular weight is 317 g/mol. The van der Waals surface area contributed by atoms with E-state index in [1.807, 2.05) is 0 Å². The highest BCUT2D eigenvalue weighted by atomic mass is 79.9. The maximum absolute atomic E-state index is 10.8. The molecule has 0 spiro atoms. The van der Waals surface area contributed by atoms with Gasteiger partial charge in [0, 0.05) is 11.4 Å². The maximum Gasteiger partial charge on any atom is 0.317 e. The van der Waals surface area contributed by atoms with Crippen LogP contribution in [0.4, 0.5) is 11.4 Å². The number of nitrogens with zero attached hydrogens (tertiary/aromatic N) is 2. The summed E-state index contributed by atoms with van der Waals surface area (Å²) in [7, 11) is 0. The molecule has 1 aromatic rings. The summed E-state index contributed by atoms with van der Waals surface area (Å²) in [6.45, 7) is 0.157. The third-order valence-corrected chi connectivity index (χ3v) is 2.31. The van der Waals surface area contributed by atoms with E-state index < -0.39 is 15.5 Å². The minimum absolute atomic E-state index is 0.00447. The normalized spacial score (nSPS) is 10.5. The Kier molecular flexibility index (Phi) is 5.25. The molecule has 96 valence electrons. The zero-order valence-corrected chi connectivity index (χ0v) is 10.7. The first-order valence-electron chi connectivity index (χ1n) is 4.83. The number of non-ortho nitro benzene ring substituents is 1. The second-order valence-electron chi connectivity index (χ2n) is 3.10. The van der Waals surface area contributed by atoms with Gasteiger partial charge in [-0.25, -0.2) is 0 Å². The van der Waals surface area contributed by atoms with Gasteiger partial charge in [-0.05, 0) is 6.07 Å². The van der Waals surface area contributed by atoms with E-state index in [0.717, 1.165) is 12.1 Å². The van der Waals surface area contributed by atoms with Gasteiger partial charge < -0.3 is 4.74 Å². The number of hydrogen-bond donors (Lipinski definition) is 0. The van der Waals surface area contributed by atoms with E-state index in [0.29, 0.717) is 5.33 Å². The summed E-state index contributed by atoms with van der Waals surface area (Å²) >= 11 is 3.17. The summed E-state index contributed by atoms with van der Waals surface area (Å²) in [4.78, 5) is 19.9. The number of halogens is 1. The second-order valence-corrected chi connectivity index (χ2v) is 3.75. The summed E-state index contributed by atoms with van der Waals surface area (Å²) in [6.07, 6.45) is 3.46. The smallest absolute Gasteiger partial charge is 0.317 e. The first kappa shape index (κ1) is 14.1. The zero-order valence-electron chi connectivity index (χ0n) is 9.11. The van der Waals surface area contributed by atoms with Crippen LogP contribution in [-0.4, -0.2) is 21.8 Å². The third kappa shape index (κ3) is 3.81. The highest BCUT2D eigenvalue weighted by Gasteiger charge is 2.20. The summed E-state index contributed by atoms with van der Waals surface area (Å²) in [6, 6.07) is 3.26. The number of nitro benzene ring substituents is 2. The largest absolute Gasteiger partial charge is 0.483 e. The fourth-order valence-electron chi connectivity index (χ4n) is 1.15. The van der Waals surface area contributed by atoms with E-state index in [4.69, 9.17) is 4.74 Å². The van der Waals surface area contributed by atoms with Crippen molar-refractivity contribution in [2.24, 2.45) is 0 Å². The van der Waals surface area contributed by atoms with E-state index in [-0.39, 0.29) is 18.0 Å². The maximum atomic E-state index is 10.8. The number of allylic oxidation sites excluding steroid dienone is 1. The van der Waals surface area contributed by atoms with Crippen molar-refractivity contribution >= 4 is 27.3 Å². The SMILES string of the molecule is O=[N+]([O-])c1ccc(OCC=CCBr)c([N+](=O)[O-])c1. The molecule has 0 aliphatic carbocycles. The van der Waals surface area contributed by atoms with E-state index >= 15 is 0 Å². The number of rotatable bonds is 6. The molecule has 18 heavy (non-hydrogen) atoms. The Morgan fingerprint density at radius 2 is 1.94 bits per heavy atom. The minimum atomic E-state index is -0.712. The number of hydrogen-bond acceptors (Lipinski definition) is 5. The molecule has 1 rings (SSSR count). The van der Waals surface area contributed by atoms with Gasteiger partial charge >= 0.3 is 5.69 Å². The lowest BCUT2D eigenvalue weighted by molar-refractivity contribution is -0.394. The summed E-state index contributed by atoms with van der Waals surface area (Å²) < 4.78 is 5.16. The summed E-state index contributed by atoms with van der Waals surface area (Å²) in [5, 5.41) is 21.9. The van der Waals surface area contributed by atoms with Gasteiger partial charge in [0.05, 0.1) is 15.9 Å². The molecule has 0 N–H and O–H groups in total. The van der Waals surface area contributed by atoms with E-state index in [1.165, 1.54) is 6.07 Å². The van der Waals surface area contributed by atoms with Crippen LogP contribution in [0.25, 0.3) is 0 Å². The van der Waals surface area contributed by atoms with Gasteiger partial charge in [0.2, 0.25) is 0 Å². The number of ether oxygens (including phenoxy) is 1. The molecule has 0 aliphatic rings. The van der Waals surface area contributed by atoms with E-state index in [9.17, 15) is 20.2 Å². The summed E-state index contributed by atoms with van der Waals surface area (Å²) in [5.74, 6) is 0.00447. The Labute approximate surface area is 110 Å². The lowest BCUT2D eigenvalue weighted by Gasteiger charge is -2.03. The molecule has 0 bridgehead atoms. The lowest BCUT2D eigenvalue weighted by Crippen LogP contribution is -1.99. The zero-order chi connectivity index (χ0) is 13.5. The number of nitro groups is 2. The molecule has 8 heteroatoms. The van der Waals surface area contributed by atoms with Gasteiger partial charge in [-0.3, -0.25) is 20.2 Å². The number of alkyl halides is 1. The van der Waals surface area contributed by atoms with Crippen molar-refractivity contribution in [2.75, 3.05) is 11.9 Å². The van der Waals surface area contributed by atoms with Gasteiger partial charge in [0.15, 0.2) is 5.75 Å². The molecule has 0 fully saturated rings. The van der Waals surface area contributed by atoms with Crippen LogP contribution < -0.4 is 4.74 Å². The standard InChI is InChI=1S/C10H9BrN2O5/c11-5-1-2-6-18-10-4-3-8(12(14)15)7-9(10)13(16)17/h1-4,7H,5-6H2. The molecule has 1 aromatic carbocycles. The Morgan fingerprint density at radius 3 is 2.50 bits per heavy atom.